The van der Waals surface area contributed by atoms with E-state index in [1.54, 1.807) is 37.5 Å². The summed E-state index contributed by atoms with van der Waals surface area (Å²) >= 11 is 8.25. The average molecular weight is 388 g/mol. The molecule has 2 aromatic rings. The zero-order chi connectivity index (χ0) is 13.8. The van der Waals surface area contributed by atoms with Crippen LogP contribution in [-0.2, 0) is 0 Å². The molecule has 4 nitrogen and oxygen atoms in total. The maximum atomic E-state index is 12.2. The van der Waals surface area contributed by atoms with E-state index in [0.29, 0.717) is 22.1 Å². The van der Waals surface area contributed by atoms with Crippen molar-refractivity contribution in [2.75, 3.05) is 17.7 Å². The van der Waals surface area contributed by atoms with Crippen LogP contribution in [0.2, 0.25) is 5.02 Å². The van der Waals surface area contributed by atoms with Gasteiger partial charge in [-0.3, -0.25) is 4.79 Å². The lowest BCUT2D eigenvalue weighted by atomic mass is 10.2. The van der Waals surface area contributed by atoms with Crippen LogP contribution in [0, 0.1) is 3.57 Å². The van der Waals surface area contributed by atoms with Crippen LogP contribution >= 0.6 is 34.2 Å². The number of carbonyl (C=O) groups excluding carboxylic acids is 1. The molecule has 1 heterocycles. The molecule has 1 aromatic heterocycles. The van der Waals surface area contributed by atoms with E-state index in [2.05, 4.69) is 38.2 Å². The highest BCUT2D eigenvalue weighted by Crippen LogP contribution is 2.25. The van der Waals surface area contributed by atoms with Gasteiger partial charge in [-0.2, -0.15) is 0 Å². The van der Waals surface area contributed by atoms with E-state index in [4.69, 9.17) is 11.6 Å². The van der Waals surface area contributed by atoms with Crippen molar-refractivity contribution in [1.29, 1.82) is 0 Å². The zero-order valence-electron chi connectivity index (χ0n) is 10.1. The van der Waals surface area contributed by atoms with E-state index < -0.39 is 0 Å². The summed E-state index contributed by atoms with van der Waals surface area (Å²) < 4.78 is 1.01. The average Bonchev–Trinajstić information content (AvgIpc) is 2.41. The number of aromatic nitrogens is 1. The Morgan fingerprint density at radius 3 is 2.84 bits per heavy atom. The Labute approximate surface area is 129 Å². The first-order valence-corrected chi connectivity index (χ1v) is 6.96. The summed E-state index contributed by atoms with van der Waals surface area (Å²) in [4.78, 5) is 16.3. The molecule has 2 N–H and O–H groups in total. The van der Waals surface area contributed by atoms with Gasteiger partial charge in [0.1, 0.15) is 5.82 Å². The molecule has 6 heteroatoms. The summed E-state index contributed by atoms with van der Waals surface area (Å²) in [7, 11) is 1.72. The van der Waals surface area contributed by atoms with Gasteiger partial charge in [0, 0.05) is 16.8 Å². The minimum atomic E-state index is -0.249. The van der Waals surface area contributed by atoms with Crippen molar-refractivity contribution in [3.8, 4) is 0 Å². The van der Waals surface area contributed by atoms with E-state index in [-0.39, 0.29) is 5.91 Å². The molecule has 0 saturated carbocycles. The maximum absolute atomic E-state index is 12.2. The minimum absolute atomic E-state index is 0.249. The summed E-state index contributed by atoms with van der Waals surface area (Å²) in [6.45, 7) is 0. The van der Waals surface area contributed by atoms with E-state index in [1.807, 2.05) is 6.07 Å². The standard InChI is InChI=1S/C13H11ClIN3O/c1-16-12-9(3-2-6-17-12)13(19)18-11-5-4-8(15)7-10(11)14/h2-7H,1H3,(H,16,17)(H,18,19). The molecule has 0 fully saturated rings. The normalized spacial score (nSPS) is 10.1. The molecule has 1 aromatic carbocycles. The number of hydrogen-bond donors (Lipinski definition) is 2. The number of halogens is 2. The summed E-state index contributed by atoms with van der Waals surface area (Å²) in [6, 6.07) is 8.86. The lowest BCUT2D eigenvalue weighted by molar-refractivity contribution is 0.102. The largest absolute Gasteiger partial charge is 0.372 e. The number of nitrogens with zero attached hydrogens (tertiary/aromatic N) is 1. The number of hydrogen-bond acceptors (Lipinski definition) is 3. The van der Waals surface area contributed by atoms with Crippen LogP contribution in [-0.4, -0.2) is 17.9 Å². The van der Waals surface area contributed by atoms with Gasteiger partial charge in [-0.1, -0.05) is 11.6 Å². The van der Waals surface area contributed by atoms with Crippen molar-refractivity contribution in [3.63, 3.8) is 0 Å². The molecule has 0 unspecified atom stereocenters. The lowest BCUT2D eigenvalue weighted by Gasteiger charge is -2.10. The number of rotatable bonds is 3. The fourth-order valence-electron chi connectivity index (χ4n) is 1.57. The number of amides is 1. The van der Waals surface area contributed by atoms with Crippen LogP contribution in [0.4, 0.5) is 11.5 Å². The Balaban J connectivity index is 2.26. The third kappa shape index (κ3) is 3.36. The molecular formula is C13H11ClIN3O. The van der Waals surface area contributed by atoms with Crippen molar-refractivity contribution in [1.82, 2.24) is 4.98 Å². The van der Waals surface area contributed by atoms with Gasteiger partial charge < -0.3 is 10.6 Å². The number of nitrogens with one attached hydrogen (secondary N) is 2. The Bertz CT molecular complexity index is 619. The molecule has 2 rings (SSSR count). The van der Waals surface area contributed by atoms with Gasteiger partial charge in [0.25, 0.3) is 5.91 Å². The molecule has 0 aliphatic rings. The summed E-state index contributed by atoms with van der Waals surface area (Å²) in [5.41, 5.74) is 1.05. The monoisotopic (exact) mass is 387 g/mol. The number of pyridine rings is 1. The van der Waals surface area contributed by atoms with Crippen molar-refractivity contribution in [2.24, 2.45) is 0 Å². The zero-order valence-corrected chi connectivity index (χ0v) is 13.0. The van der Waals surface area contributed by atoms with E-state index >= 15 is 0 Å². The first-order valence-electron chi connectivity index (χ1n) is 5.51. The number of benzene rings is 1. The van der Waals surface area contributed by atoms with Gasteiger partial charge in [-0.15, -0.1) is 0 Å². The van der Waals surface area contributed by atoms with Gasteiger partial charge in [0.05, 0.1) is 16.3 Å². The van der Waals surface area contributed by atoms with Crippen molar-refractivity contribution in [3.05, 3.63) is 50.7 Å². The highest BCUT2D eigenvalue weighted by molar-refractivity contribution is 14.1. The van der Waals surface area contributed by atoms with Crippen LogP contribution in [0.5, 0.6) is 0 Å². The van der Waals surface area contributed by atoms with Crippen molar-refractivity contribution >= 4 is 51.6 Å². The molecule has 0 radical (unpaired) electrons. The second-order valence-electron chi connectivity index (χ2n) is 3.73. The van der Waals surface area contributed by atoms with Crippen LogP contribution in [0.1, 0.15) is 10.4 Å². The predicted octanol–water partition coefficient (Wildman–Crippen LogP) is 3.63. The van der Waals surface area contributed by atoms with Crippen LogP contribution < -0.4 is 10.6 Å². The minimum Gasteiger partial charge on any atom is -0.372 e. The van der Waals surface area contributed by atoms with Crippen molar-refractivity contribution in [2.45, 2.75) is 0 Å². The molecule has 0 atom stereocenters. The van der Waals surface area contributed by atoms with Gasteiger partial charge in [-0.05, 0) is 52.9 Å². The predicted molar refractivity (Wildman–Crippen MR) is 85.9 cm³/mol. The molecule has 19 heavy (non-hydrogen) atoms. The van der Waals surface area contributed by atoms with E-state index in [1.165, 1.54) is 0 Å². The summed E-state index contributed by atoms with van der Waals surface area (Å²) in [5.74, 6) is 0.280. The SMILES string of the molecule is CNc1ncccc1C(=O)Nc1ccc(I)cc1Cl. The summed E-state index contributed by atoms with van der Waals surface area (Å²) in [6.07, 6.45) is 1.63. The number of anilines is 2. The van der Waals surface area contributed by atoms with Gasteiger partial charge in [-0.25, -0.2) is 4.98 Å². The molecule has 0 saturated heterocycles. The Hall–Kier alpha value is -1.34. The highest BCUT2D eigenvalue weighted by atomic mass is 127. The maximum Gasteiger partial charge on any atom is 0.259 e. The number of carbonyl (C=O) groups is 1. The molecule has 98 valence electrons. The fourth-order valence-corrected chi connectivity index (χ4v) is 2.47. The third-order valence-electron chi connectivity index (χ3n) is 2.47. The van der Waals surface area contributed by atoms with E-state index in [0.717, 1.165) is 3.57 Å². The van der Waals surface area contributed by atoms with E-state index in [9.17, 15) is 4.79 Å². The van der Waals surface area contributed by atoms with Gasteiger partial charge in [0.15, 0.2) is 0 Å². The quantitative estimate of drug-likeness (QED) is 0.791. The van der Waals surface area contributed by atoms with Gasteiger partial charge in [0.2, 0.25) is 0 Å². The molecule has 0 aliphatic carbocycles. The first kappa shape index (κ1) is 14.1. The topological polar surface area (TPSA) is 54.0 Å². The summed E-state index contributed by atoms with van der Waals surface area (Å²) in [5, 5.41) is 6.16. The first-order chi connectivity index (χ1) is 9.11. The molecular weight excluding hydrogens is 377 g/mol. The highest BCUT2D eigenvalue weighted by Gasteiger charge is 2.12. The second kappa shape index (κ2) is 6.21. The van der Waals surface area contributed by atoms with Gasteiger partial charge >= 0.3 is 0 Å². The molecule has 0 aliphatic heterocycles. The van der Waals surface area contributed by atoms with Crippen molar-refractivity contribution < 1.29 is 4.79 Å². The van der Waals surface area contributed by atoms with Crippen LogP contribution in [0.25, 0.3) is 0 Å². The smallest absolute Gasteiger partial charge is 0.259 e. The molecule has 0 spiro atoms. The Morgan fingerprint density at radius 2 is 2.16 bits per heavy atom. The van der Waals surface area contributed by atoms with Crippen LogP contribution in [0.15, 0.2) is 36.5 Å². The fraction of sp³-hybridized carbons (Fsp3) is 0.0769. The Morgan fingerprint density at radius 1 is 1.37 bits per heavy atom. The third-order valence-corrected chi connectivity index (χ3v) is 3.45. The second-order valence-corrected chi connectivity index (χ2v) is 5.38. The Kier molecular flexibility index (Phi) is 4.60. The lowest BCUT2D eigenvalue weighted by Crippen LogP contribution is -2.15. The molecule has 1 amide bonds. The van der Waals surface area contributed by atoms with Crippen LogP contribution in [0.3, 0.4) is 0 Å². The molecule has 0 bridgehead atoms.